The molecular formula is C15H11BrN2OS. The summed E-state index contributed by atoms with van der Waals surface area (Å²) in [6.45, 7) is 0. The van der Waals surface area contributed by atoms with Crippen molar-refractivity contribution in [3.05, 3.63) is 69.1 Å². The fourth-order valence-corrected chi connectivity index (χ4v) is 3.34. The number of hydrogen-bond acceptors (Lipinski definition) is 3. The molecule has 0 aliphatic rings. The summed E-state index contributed by atoms with van der Waals surface area (Å²) in [4.78, 5) is 13.2. The molecule has 2 aromatic heterocycles. The number of halogens is 1. The zero-order chi connectivity index (χ0) is 13.9. The molecule has 0 spiro atoms. The molecule has 0 radical (unpaired) electrons. The van der Waals surface area contributed by atoms with Crippen LogP contribution in [-0.4, -0.2) is 15.6 Å². The van der Waals surface area contributed by atoms with E-state index in [2.05, 4.69) is 21.0 Å². The van der Waals surface area contributed by atoms with Gasteiger partial charge in [-0.1, -0.05) is 18.2 Å². The van der Waals surface area contributed by atoms with E-state index in [1.165, 1.54) is 0 Å². The average Bonchev–Trinajstić information content (AvgIpc) is 3.09. The standard InChI is InChI=1S/C15H11BrN2OS/c16-11-8-13(20-10-11)9-15(19)14-6-7-18(17-14)12-4-2-1-3-5-12/h1-8,10H,9H2. The summed E-state index contributed by atoms with van der Waals surface area (Å²) in [6, 6.07) is 13.5. The summed E-state index contributed by atoms with van der Waals surface area (Å²) in [6.07, 6.45) is 2.20. The van der Waals surface area contributed by atoms with Crippen molar-refractivity contribution in [2.75, 3.05) is 0 Å². The second-order valence-corrected chi connectivity index (χ2v) is 6.22. The normalized spacial score (nSPS) is 10.7. The molecular weight excluding hydrogens is 336 g/mol. The molecule has 20 heavy (non-hydrogen) atoms. The lowest BCUT2D eigenvalue weighted by atomic mass is 10.2. The number of carbonyl (C=O) groups is 1. The van der Waals surface area contributed by atoms with Crippen LogP contribution < -0.4 is 0 Å². The molecule has 3 rings (SSSR count). The summed E-state index contributed by atoms with van der Waals surface area (Å²) in [7, 11) is 0. The average molecular weight is 347 g/mol. The minimum atomic E-state index is 0.0361. The highest BCUT2D eigenvalue weighted by atomic mass is 79.9. The molecule has 1 aromatic carbocycles. The molecule has 0 atom stereocenters. The molecule has 3 aromatic rings. The Morgan fingerprint density at radius 3 is 2.75 bits per heavy atom. The zero-order valence-electron chi connectivity index (χ0n) is 10.5. The van der Waals surface area contributed by atoms with Crippen LogP contribution in [0, 0.1) is 0 Å². The van der Waals surface area contributed by atoms with E-state index < -0.39 is 0 Å². The molecule has 0 amide bonds. The Labute approximate surface area is 129 Å². The molecule has 0 bridgehead atoms. The second kappa shape index (κ2) is 5.73. The monoisotopic (exact) mass is 346 g/mol. The molecule has 3 nitrogen and oxygen atoms in total. The summed E-state index contributed by atoms with van der Waals surface area (Å²) < 4.78 is 2.73. The maximum absolute atomic E-state index is 12.2. The van der Waals surface area contributed by atoms with Crippen molar-refractivity contribution in [3.63, 3.8) is 0 Å². The van der Waals surface area contributed by atoms with Crippen molar-refractivity contribution in [2.24, 2.45) is 0 Å². The van der Waals surface area contributed by atoms with Gasteiger partial charge in [-0.15, -0.1) is 11.3 Å². The highest BCUT2D eigenvalue weighted by Gasteiger charge is 2.12. The number of thiophene rings is 1. The first-order valence-electron chi connectivity index (χ1n) is 6.09. The van der Waals surface area contributed by atoms with Crippen LogP contribution in [0.2, 0.25) is 0 Å². The predicted octanol–water partition coefficient (Wildman–Crippen LogP) is 4.12. The zero-order valence-corrected chi connectivity index (χ0v) is 12.9. The van der Waals surface area contributed by atoms with Crippen LogP contribution in [0.25, 0.3) is 5.69 Å². The molecule has 0 saturated carbocycles. The Hall–Kier alpha value is -1.72. The number of nitrogens with zero attached hydrogens (tertiary/aromatic N) is 2. The van der Waals surface area contributed by atoms with Gasteiger partial charge in [-0.25, -0.2) is 4.68 Å². The number of aromatic nitrogens is 2. The minimum absolute atomic E-state index is 0.0361. The van der Waals surface area contributed by atoms with Crippen LogP contribution in [-0.2, 0) is 6.42 Å². The van der Waals surface area contributed by atoms with Gasteiger partial charge >= 0.3 is 0 Å². The Bertz CT molecular complexity index is 733. The van der Waals surface area contributed by atoms with Crippen molar-refractivity contribution < 1.29 is 4.79 Å². The number of Topliss-reactive ketones (excluding diaryl/α,β-unsaturated/α-hetero) is 1. The van der Waals surface area contributed by atoms with Gasteiger partial charge in [0.2, 0.25) is 0 Å². The van der Waals surface area contributed by atoms with Crippen LogP contribution in [0.3, 0.4) is 0 Å². The summed E-state index contributed by atoms with van der Waals surface area (Å²) in [5.41, 5.74) is 1.45. The smallest absolute Gasteiger partial charge is 0.188 e. The lowest BCUT2D eigenvalue weighted by molar-refractivity contribution is 0.0988. The lowest BCUT2D eigenvalue weighted by Crippen LogP contribution is -2.04. The van der Waals surface area contributed by atoms with Crippen molar-refractivity contribution in [3.8, 4) is 5.69 Å². The highest BCUT2D eigenvalue weighted by molar-refractivity contribution is 9.10. The van der Waals surface area contributed by atoms with E-state index in [1.807, 2.05) is 48.0 Å². The number of benzene rings is 1. The van der Waals surface area contributed by atoms with E-state index >= 15 is 0 Å². The molecule has 0 fully saturated rings. The topological polar surface area (TPSA) is 34.9 Å². The minimum Gasteiger partial charge on any atom is -0.292 e. The van der Waals surface area contributed by atoms with Gasteiger partial charge in [0, 0.05) is 27.3 Å². The number of para-hydroxylation sites is 1. The first-order valence-corrected chi connectivity index (χ1v) is 7.77. The fourth-order valence-electron chi connectivity index (χ4n) is 1.89. The van der Waals surface area contributed by atoms with Gasteiger partial charge in [-0.05, 0) is 40.2 Å². The number of ketones is 1. The molecule has 2 heterocycles. The third-order valence-electron chi connectivity index (χ3n) is 2.85. The van der Waals surface area contributed by atoms with Gasteiger partial charge in [0.25, 0.3) is 0 Å². The number of hydrogen-bond donors (Lipinski definition) is 0. The van der Waals surface area contributed by atoms with E-state index in [1.54, 1.807) is 22.1 Å². The van der Waals surface area contributed by atoms with Crippen molar-refractivity contribution in [2.45, 2.75) is 6.42 Å². The SMILES string of the molecule is O=C(Cc1cc(Br)cs1)c1ccn(-c2ccccc2)n1. The first kappa shape index (κ1) is 13.3. The van der Waals surface area contributed by atoms with E-state index in [4.69, 9.17) is 0 Å². The van der Waals surface area contributed by atoms with E-state index in [-0.39, 0.29) is 5.78 Å². The number of rotatable bonds is 4. The van der Waals surface area contributed by atoms with Crippen LogP contribution in [0.5, 0.6) is 0 Å². The summed E-state index contributed by atoms with van der Waals surface area (Å²) in [5.74, 6) is 0.0361. The van der Waals surface area contributed by atoms with Crippen LogP contribution >= 0.6 is 27.3 Å². The van der Waals surface area contributed by atoms with Crippen LogP contribution in [0.4, 0.5) is 0 Å². The van der Waals surface area contributed by atoms with E-state index in [0.29, 0.717) is 12.1 Å². The lowest BCUT2D eigenvalue weighted by Gasteiger charge is -1.99. The van der Waals surface area contributed by atoms with Gasteiger partial charge < -0.3 is 0 Å². The largest absolute Gasteiger partial charge is 0.292 e. The van der Waals surface area contributed by atoms with Gasteiger partial charge in [0.05, 0.1) is 5.69 Å². The third kappa shape index (κ3) is 2.89. The van der Waals surface area contributed by atoms with Gasteiger partial charge in [0.15, 0.2) is 5.78 Å². The second-order valence-electron chi connectivity index (χ2n) is 4.31. The van der Waals surface area contributed by atoms with Gasteiger partial charge in [0.1, 0.15) is 5.69 Å². The first-order chi connectivity index (χ1) is 9.72. The molecule has 5 heteroatoms. The quantitative estimate of drug-likeness (QED) is 0.666. The molecule has 0 unspecified atom stereocenters. The van der Waals surface area contributed by atoms with E-state index in [0.717, 1.165) is 15.0 Å². The molecule has 100 valence electrons. The predicted molar refractivity (Wildman–Crippen MR) is 83.6 cm³/mol. The summed E-state index contributed by atoms with van der Waals surface area (Å²) in [5, 5.41) is 6.32. The van der Waals surface area contributed by atoms with Crippen molar-refractivity contribution >= 4 is 33.0 Å². The van der Waals surface area contributed by atoms with Crippen molar-refractivity contribution in [1.82, 2.24) is 9.78 Å². The molecule has 0 aliphatic heterocycles. The molecule has 0 aliphatic carbocycles. The Kier molecular flexibility index (Phi) is 3.80. The molecule has 0 N–H and O–H groups in total. The fraction of sp³-hybridized carbons (Fsp3) is 0.0667. The van der Waals surface area contributed by atoms with Gasteiger partial charge in [-0.2, -0.15) is 5.10 Å². The maximum Gasteiger partial charge on any atom is 0.188 e. The summed E-state index contributed by atoms with van der Waals surface area (Å²) >= 11 is 4.97. The number of carbonyl (C=O) groups excluding carboxylic acids is 1. The van der Waals surface area contributed by atoms with Crippen LogP contribution in [0.1, 0.15) is 15.4 Å². The molecule has 0 saturated heterocycles. The Morgan fingerprint density at radius 2 is 2.05 bits per heavy atom. The van der Waals surface area contributed by atoms with E-state index in [9.17, 15) is 4.79 Å². The van der Waals surface area contributed by atoms with Gasteiger partial charge in [-0.3, -0.25) is 4.79 Å². The van der Waals surface area contributed by atoms with Crippen molar-refractivity contribution in [1.29, 1.82) is 0 Å². The van der Waals surface area contributed by atoms with Crippen LogP contribution in [0.15, 0.2) is 58.5 Å². The Morgan fingerprint density at radius 1 is 1.25 bits per heavy atom. The third-order valence-corrected chi connectivity index (χ3v) is 4.55. The maximum atomic E-state index is 12.2. The highest BCUT2D eigenvalue weighted by Crippen LogP contribution is 2.21. The Balaban J connectivity index is 1.78.